The smallest absolute Gasteiger partial charge is 0.242 e. The molecule has 0 spiro atoms. The number of ketones is 1. The van der Waals surface area contributed by atoms with Crippen molar-refractivity contribution in [1.29, 1.82) is 0 Å². The zero-order valence-corrected chi connectivity index (χ0v) is 16.8. The summed E-state index contributed by atoms with van der Waals surface area (Å²) in [6.45, 7) is 2.45. The van der Waals surface area contributed by atoms with Crippen LogP contribution in [0, 0.1) is 0 Å². The molecule has 2 aromatic rings. The molecule has 0 saturated carbocycles. The molecule has 1 fully saturated rings. The van der Waals surface area contributed by atoms with Crippen LogP contribution < -0.4 is 10.2 Å². The highest BCUT2D eigenvalue weighted by atomic mass is 16.5. The number of allylic oxidation sites excluding steroid dienone is 1. The number of amides is 1. The molecule has 30 heavy (non-hydrogen) atoms. The van der Waals surface area contributed by atoms with Gasteiger partial charge in [-0.1, -0.05) is 12.1 Å². The van der Waals surface area contributed by atoms with Crippen molar-refractivity contribution in [2.24, 2.45) is 0 Å². The highest BCUT2D eigenvalue weighted by molar-refractivity contribution is 6.01. The molecule has 0 radical (unpaired) electrons. The fraction of sp³-hybridized carbons (Fsp3) is 0.391. The van der Waals surface area contributed by atoms with Crippen LogP contribution in [-0.2, 0) is 14.3 Å². The van der Waals surface area contributed by atoms with Crippen molar-refractivity contribution in [3.63, 3.8) is 0 Å². The number of hydrogen-bond acceptors (Lipinski definition) is 6. The summed E-state index contributed by atoms with van der Waals surface area (Å²) < 4.78 is 11.2. The van der Waals surface area contributed by atoms with Crippen molar-refractivity contribution in [1.82, 2.24) is 4.90 Å². The lowest BCUT2D eigenvalue weighted by Gasteiger charge is -2.35. The summed E-state index contributed by atoms with van der Waals surface area (Å²) in [5.41, 5.74) is 3.44. The predicted octanol–water partition coefficient (Wildman–Crippen LogP) is 3.12. The van der Waals surface area contributed by atoms with Gasteiger partial charge >= 0.3 is 0 Å². The number of fused-ring (bicyclic) bond motifs is 1. The van der Waals surface area contributed by atoms with Gasteiger partial charge in [-0.15, -0.1) is 0 Å². The number of carbonyl (C=O) groups is 2. The molecule has 7 nitrogen and oxygen atoms in total. The van der Waals surface area contributed by atoms with E-state index in [-0.39, 0.29) is 18.2 Å². The van der Waals surface area contributed by atoms with E-state index in [2.05, 4.69) is 5.32 Å². The normalized spacial score (nSPS) is 21.6. The third kappa shape index (κ3) is 3.39. The minimum absolute atomic E-state index is 0.0250. The lowest BCUT2D eigenvalue weighted by Crippen LogP contribution is -2.47. The molecule has 1 atom stereocenters. The highest BCUT2D eigenvalue weighted by Gasteiger charge is 2.39. The molecule has 1 aromatic carbocycles. The molecular formula is C23H25N3O4. The second kappa shape index (κ2) is 7.99. The number of ether oxygens (including phenoxy) is 1. The van der Waals surface area contributed by atoms with Gasteiger partial charge in [0.25, 0.3) is 0 Å². The summed E-state index contributed by atoms with van der Waals surface area (Å²) in [4.78, 5) is 30.2. The summed E-state index contributed by atoms with van der Waals surface area (Å²) >= 11 is 0. The van der Waals surface area contributed by atoms with Crippen molar-refractivity contribution in [3.05, 3.63) is 59.7 Å². The largest absolute Gasteiger partial charge is 0.467 e. The molecule has 1 aliphatic carbocycles. The van der Waals surface area contributed by atoms with Gasteiger partial charge in [0.2, 0.25) is 5.91 Å². The van der Waals surface area contributed by atoms with E-state index >= 15 is 0 Å². The predicted molar refractivity (Wildman–Crippen MR) is 112 cm³/mol. The van der Waals surface area contributed by atoms with Crippen LogP contribution in [0.1, 0.15) is 31.1 Å². The van der Waals surface area contributed by atoms with Crippen LogP contribution in [0.25, 0.3) is 0 Å². The second-order valence-corrected chi connectivity index (χ2v) is 7.85. The van der Waals surface area contributed by atoms with Crippen molar-refractivity contribution in [3.8, 4) is 0 Å². The Morgan fingerprint density at radius 3 is 2.73 bits per heavy atom. The molecule has 0 bridgehead atoms. The first-order valence-corrected chi connectivity index (χ1v) is 10.5. The third-order valence-electron chi connectivity index (χ3n) is 6.02. The Labute approximate surface area is 175 Å². The number of carbonyl (C=O) groups excluding carboxylic acids is 2. The molecule has 3 aliphatic rings. The van der Waals surface area contributed by atoms with Crippen LogP contribution in [0.2, 0.25) is 0 Å². The quantitative estimate of drug-likeness (QED) is 0.843. The monoisotopic (exact) mass is 407 g/mol. The Bertz CT molecular complexity index is 976. The van der Waals surface area contributed by atoms with Crippen molar-refractivity contribution >= 4 is 23.1 Å². The van der Waals surface area contributed by atoms with Crippen LogP contribution >= 0.6 is 0 Å². The lowest BCUT2D eigenvalue weighted by atomic mass is 9.88. The first-order valence-electron chi connectivity index (χ1n) is 10.5. The van der Waals surface area contributed by atoms with E-state index in [1.165, 1.54) is 0 Å². The third-order valence-corrected chi connectivity index (χ3v) is 6.02. The molecular weight excluding hydrogens is 382 g/mol. The SMILES string of the molecule is O=C1CCCC2=C1C(c1ccco1)N(CC(=O)N1CCOCC1)c1ccccc1N2. The van der Waals surface area contributed by atoms with Gasteiger partial charge in [-0.3, -0.25) is 9.59 Å². The maximum atomic E-state index is 13.2. The molecule has 5 rings (SSSR count). The van der Waals surface area contributed by atoms with E-state index in [0.717, 1.165) is 29.9 Å². The number of para-hydroxylation sites is 2. The molecule has 2 aliphatic heterocycles. The average molecular weight is 407 g/mol. The van der Waals surface area contributed by atoms with Crippen LogP contribution in [0.15, 0.2) is 58.3 Å². The molecule has 1 aromatic heterocycles. The molecule has 1 saturated heterocycles. The lowest BCUT2D eigenvalue weighted by molar-refractivity contribution is -0.133. The summed E-state index contributed by atoms with van der Waals surface area (Å²) in [7, 11) is 0. The summed E-state index contributed by atoms with van der Waals surface area (Å²) in [6.07, 6.45) is 3.76. The fourth-order valence-electron chi connectivity index (χ4n) is 4.58. The molecule has 1 amide bonds. The van der Waals surface area contributed by atoms with Crippen molar-refractivity contribution < 1.29 is 18.7 Å². The van der Waals surface area contributed by atoms with Crippen molar-refractivity contribution in [2.75, 3.05) is 43.1 Å². The van der Waals surface area contributed by atoms with Crippen LogP contribution in [0.3, 0.4) is 0 Å². The number of hydrogen-bond donors (Lipinski definition) is 1. The number of furan rings is 1. The Kier molecular flexibility index (Phi) is 5.04. The van der Waals surface area contributed by atoms with E-state index in [0.29, 0.717) is 44.1 Å². The van der Waals surface area contributed by atoms with Gasteiger partial charge in [0.05, 0.1) is 37.4 Å². The summed E-state index contributed by atoms with van der Waals surface area (Å²) in [5, 5.41) is 3.50. The van der Waals surface area contributed by atoms with E-state index in [4.69, 9.17) is 9.15 Å². The number of morpholine rings is 1. The Balaban J connectivity index is 1.61. The molecule has 1 N–H and O–H groups in total. The summed E-state index contributed by atoms with van der Waals surface area (Å²) in [6, 6.07) is 11.2. The first-order chi connectivity index (χ1) is 14.7. The minimum Gasteiger partial charge on any atom is -0.467 e. The minimum atomic E-state index is -0.441. The van der Waals surface area contributed by atoms with Gasteiger partial charge < -0.3 is 24.3 Å². The number of benzene rings is 1. The molecule has 3 heterocycles. The maximum Gasteiger partial charge on any atom is 0.242 e. The summed E-state index contributed by atoms with van der Waals surface area (Å²) in [5.74, 6) is 0.810. The number of nitrogens with zero attached hydrogens (tertiary/aromatic N) is 2. The van der Waals surface area contributed by atoms with E-state index in [9.17, 15) is 9.59 Å². The first kappa shape index (κ1) is 18.9. The van der Waals surface area contributed by atoms with Gasteiger partial charge in [0, 0.05) is 30.8 Å². The van der Waals surface area contributed by atoms with E-state index < -0.39 is 6.04 Å². The van der Waals surface area contributed by atoms with Crippen LogP contribution in [0.4, 0.5) is 11.4 Å². The Morgan fingerprint density at radius 2 is 1.93 bits per heavy atom. The number of anilines is 2. The topological polar surface area (TPSA) is 75.0 Å². The molecule has 7 heteroatoms. The fourth-order valence-corrected chi connectivity index (χ4v) is 4.58. The number of nitrogens with one attached hydrogen (secondary N) is 1. The molecule has 1 unspecified atom stereocenters. The standard InChI is InChI=1S/C23H25N3O4/c27-19-8-3-6-17-22(19)23(20-9-4-12-30-20)26(18-7-2-1-5-16(18)24-17)15-21(28)25-10-13-29-14-11-25/h1-2,4-5,7,9,12,23-24H,3,6,8,10-11,13-15H2. The van der Waals surface area contributed by atoms with Gasteiger partial charge in [0.15, 0.2) is 5.78 Å². The van der Waals surface area contributed by atoms with Crippen molar-refractivity contribution in [2.45, 2.75) is 25.3 Å². The average Bonchev–Trinajstić information content (AvgIpc) is 3.26. The van der Waals surface area contributed by atoms with Crippen LogP contribution in [0.5, 0.6) is 0 Å². The number of Topliss-reactive ketones (excluding diaryl/α,β-unsaturated/α-hetero) is 1. The maximum absolute atomic E-state index is 13.2. The second-order valence-electron chi connectivity index (χ2n) is 7.85. The zero-order chi connectivity index (χ0) is 20.5. The Morgan fingerprint density at radius 1 is 1.10 bits per heavy atom. The van der Waals surface area contributed by atoms with Gasteiger partial charge in [-0.25, -0.2) is 0 Å². The van der Waals surface area contributed by atoms with Gasteiger partial charge in [-0.05, 0) is 37.1 Å². The highest BCUT2D eigenvalue weighted by Crippen LogP contribution is 2.44. The van der Waals surface area contributed by atoms with Gasteiger partial charge in [-0.2, -0.15) is 0 Å². The van der Waals surface area contributed by atoms with Gasteiger partial charge in [0.1, 0.15) is 11.8 Å². The van der Waals surface area contributed by atoms with E-state index in [1.807, 2.05) is 46.2 Å². The zero-order valence-electron chi connectivity index (χ0n) is 16.8. The Hall–Kier alpha value is -3.06. The van der Waals surface area contributed by atoms with E-state index in [1.54, 1.807) is 6.26 Å². The molecule has 156 valence electrons. The number of rotatable bonds is 3. The van der Waals surface area contributed by atoms with Crippen LogP contribution in [-0.4, -0.2) is 49.4 Å².